The van der Waals surface area contributed by atoms with Crippen molar-refractivity contribution in [1.29, 1.82) is 0 Å². The van der Waals surface area contributed by atoms with Crippen molar-refractivity contribution in [3.05, 3.63) is 42.0 Å². The van der Waals surface area contributed by atoms with Crippen molar-refractivity contribution in [1.82, 2.24) is 9.80 Å². The van der Waals surface area contributed by atoms with Crippen molar-refractivity contribution in [2.24, 2.45) is 5.92 Å². The first-order chi connectivity index (χ1) is 12.7. The third-order valence-corrected chi connectivity index (χ3v) is 5.39. The van der Waals surface area contributed by atoms with Gasteiger partial charge in [0.2, 0.25) is 11.8 Å². The number of hydrogen-bond acceptors (Lipinski definition) is 3. The first-order valence-electron chi connectivity index (χ1n) is 9.59. The van der Waals surface area contributed by atoms with Gasteiger partial charge in [0, 0.05) is 32.1 Å². The van der Waals surface area contributed by atoms with E-state index in [2.05, 4.69) is 0 Å². The highest BCUT2D eigenvalue weighted by Gasteiger charge is 2.39. The van der Waals surface area contributed by atoms with Crippen LogP contribution in [-0.4, -0.2) is 59.0 Å². The van der Waals surface area contributed by atoms with Gasteiger partial charge in [0.1, 0.15) is 0 Å². The van der Waals surface area contributed by atoms with Crippen LogP contribution in [0.25, 0.3) is 6.08 Å². The van der Waals surface area contributed by atoms with Gasteiger partial charge in [-0.2, -0.15) is 0 Å². The molecule has 1 saturated heterocycles. The van der Waals surface area contributed by atoms with Gasteiger partial charge in [-0.25, -0.2) is 0 Å². The van der Waals surface area contributed by atoms with Crippen molar-refractivity contribution in [2.45, 2.75) is 38.1 Å². The number of benzene rings is 1. The van der Waals surface area contributed by atoms with Crippen LogP contribution in [0.1, 0.15) is 37.7 Å². The summed E-state index contributed by atoms with van der Waals surface area (Å²) in [6, 6.07) is 10.2. The Balaban J connectivity index is 1.59. The molecule has 0 aromatic heterocycles. The SMILES string of the molecule is O=C(C1CC(=O)N(C2CCCC2)C1)N(CC=Cc1ccccc1)CCO. The van der Waals surface area contributed by atoms with Gasteiger partial charge < -0.3 is 14.9 Å². The Labute approximate surface area is 155 Å². The summed E-state index contributed by atoms with van der Waals surface area (Å²) in [4.78, 5) is 28.8. The molecule has 1 unspecified atom stereocenters. The molecule has 1 aliphatic carbocycles. The van der Waals surface area contributed by atoms with Crippen molar-refractivity contribution >= 4 is 17.9 Å². The van der Waals surface area contributed by atoms with Gasteiger partial charge in [0.25, 0.3) is 0 Å². The molecule has 1 aromatic rings. The van der Waals surface area contributed by atoms with Gasteiger partial charge >= 0.3 is 0 Å². The lowest BCUT2D eigenvalue weighted by Crippen LogP contribution is -2.40. The zero-order valence-corrected chi connectivity index (χ0v) is 15.2. The Bertz CT molecular complexity index is 638. The lowest BCUT2D eigenvalue weighted by atomic mass is 10.1. The number of likely N-dealkylation sites (tertiary alicyclic amines) is 1. The first kappa shape index (κ1) is 18.6. The molecular formula is C21H28N2O3. The minimum absolute atomic E-state index is 0.0226. The molecule has 1 N–H and O–H groups in total. The Hall–Kier alpha value is -2.14. The van der Waals surface area contributed by atoms with Crippen LogP contribution < -0.4 is 0 Å². The van der Waals surface area contributed by atoms with E-state index in [1.54, 1.807) is 4.90 Å². The third kappa shape index (κ3) is 4.52. The van der Waals surface area contributed by atoms with Crippen LogP contribution in [-0.2, 0) is 9.59 Å². The maximum Gasteiger partial charge on any atom is 0.228 e. The van der Waals surface area contributed by atoms with E-state index in [9.17, 15) is 14.7 Å². The summed E-state index contributed by atoms with van der Waals surface area (Å²) in [5, 5.41) is 9.33. The Morgan fingerprint density at radius 1 is 1.23 bits per heavy atom. The molecular weight excluding hydrogens is 328 g/mol. The lowest BCUT2D eigenvalue weighted by Gasteiger charge is -2.26. The smallest absolute Gasteiger partial charge is 0.228 e. The number of aliphatic hydroxyl groups is 1. The molecule has 0 bridgehead atoms. The number of carbonyl (C=O) groups excluding carboxylic acids is 2. The quantitative estimate of drug-likeness (QED) is 0.816. The molecule has 3 rings (SSSR count). The van der Waals surface area contributed by atoms with Crippen molar-refractivity contribution in [3.63, 3.8) is 0 Å². The highest BCUT2D eigenvalue weighted by atomic mass is 16.3. The van der Waals surface area contributed by atoms with E-state index in [0.717, 1.165) is 18.4 Å². The van der Waals surface area contributed by atoms with E-state index in [4.69, 9.17) is 0 Å². The molecule has 2 fully saturated rings. The zero-order chi connectivity index (χ0) is 18.4. The number of rotatable bonds is 7. The minimum Gasteiger partial charge on any atom is -0.395 e. The van der Waals surface area contributed by atoms with E-state index < -0.39 is 0 Å². The molecule has 2 aliphatic rings. The summed E-state index contributed by atoms with van der Waals surface area (Å²) in [6.45, 7) is 1.21. The molecule has 2 amide bonds. The van der Waals surface area contributed by atoms with E-state index in [1.165, 1.54) is 12.8 Å². The van der Waals surface area contributed by atoms with Crippen molar-refractivity contribution < 1.29 is 14.7 Å². The van der Waals surface area contributed by atoms with Crippen LogP contribution in [0.2, 0.25) is 0 Å². The summed E-state index contributed by atoms with van der Waals surface area (Å²) in [5.74, 6) is -0.190. The molecule has 140 valence electrons. The Morgan fingerprint density at radius 3 is 2.65 bits per heavy atom. The fourth-order valence-electron chi connectivity index (χ4n) is 4.02. The molecule has 0 radical (unpaired) electrons. The number of aliphatic hydroxyl groups excluding tert-OH is 1. The molecule has 1 aliphatic heterocycles. The van der Waals surface area contributed by atoms with E-state index >= 15 is 0 Å². The van der Waals surface area contributed by atoms with Crippen LogP contribution in [0.5, 0.6) is 0 Å². The highest BCUT2D eigenvalue weighted by Crippen LogP contribution is 2.30. The summed E-state index contributed by atoms with van der Waals surface area (Å²) >= 11 is 0. The standard InChI is InChI=1S/C21H28N2O3/c24-14-13-22(12-6-9-17-7-2-1-3-8-17)21(26)18-15-20(25)23(16-18)19-10-4-5-11-19/h1-3,6-9,18-19,24H,4-5,10-16H2. The summed E-state index contributed by atoms with van der Waals surface area (Å²) < 4.78 is 0. The van der Waals surface area contributed by atoms with Gasteiger partial charge in [0.15, 0.2) is 0 Å². The molecule has 1 heterocycles. The maximum absolute atomic E-state index is 12.9. The minimum atomic E-state index is -0.278. The summed E-state index contributed by atoms with van der Waals surface area (Å²) in [5.41, 5.74) is 1.08. The topological polar surface area (TPSA) is 60.9 Å². The number of amides is 2. The summed E-state index contributed by atoms with van der Waals surface area (Å²) in [6.07, 6.45) is 8.69. The highest BCUT2D eigenvalue weighted by molar-refractivity contribution is 5.89. The first-order valence-corrected chi connectivity index (χ1v) is 9.59. The number of carbonyl (C=O) groups is 2. The molecule has 26 heavy (non-hydrogen) atoms. The fourth-order valence-corrected chi connectivity index (χ4v) is 4.02. The average Bonchev–Trinajstić information content (AvgIpc) is 3.31. The lowest BCUT2D eigenvalue weighted by molar-refractivity contribution is -0.135. The van der Waals surface area contributed by atoms with Crippen molar-refractivity contribution in [2.75, 3.05) is 26.2 Å². The average molecular weight is 356 g/mol. The molecule has 5 heteroatoms. The van der Waals surface area contributed by atoms with Crippen LogP contribution in [0.3, 0.4) is 0 Å². The van der Waals surface area contributed by atoms with Crippen LogP contribution in [0, 0.1) is 5.92 Å². The van der Waals surface area contributed by atoms with E-state index in [0.29, 0.717) is 32.1 Å². The molecule has 5 nitrogen and oxygen atoms in total. The van der Waals surface area contributed by atoms with Gasteiger partial charge in [-0.15, -0.1) is 0 Å². The Morgan fingerprint density at radius 2 is 1.96 bits per heavy atom. The summed E-state index contributed by atoms with van der Waals surface area (Å²) in [7, 11) is 0. The van der Waals surface area contributed by atoms with Crippen LogP contribution in [0.4, 0.5) is 0 Å². The normalized spacial score (nSPS) is 21.0. The van der Waals surface area contributed by atoms with Crippen LogP contribution in [0.15, 0.2) is 36.4 Å². The molecule has 1 saturated carbocycles. The van der Waals surface area contributed by atoms with Crippen LogP contribution >= 0.6 is 0 Å². The maximum atomic E-state index is 12.9. The fraction of sp³-hybridized carbons (Fsp3) is 0.524. The predicted molar refractivity (Wildman–Crippen MR) is 101 cm³/mol. The van der Waals surface area contributed by atoms with E-state index in [-0.39, 0.29) is 24.3 Å². The second kappa shape index (κ2) is 8.99. The molecule has 1 aromatic carbocycles. The largest absolute Gasteiger partial charge is 0.395 e. The molecule has 0 spiro atoms. The second-order valence-electron chi connectivity index (χ2n) is 7.21. The number of hydrogen-bond donors (Lipinski definition) is 1. The van der Waals surface area contributed by atoms with Gasteiger partial charge in [-0.3, -0.25) is 9.59 Å². The molecule has 1 atom stereocenters. The van der Waals surface area contributed by atoms with Gasteiger partial charge in [-0.05, 0) is 18.4 Å². The predicted octanol–water partition coefficient (Wildman–Crippen LogP) is 2.31. The number of nitrogens with zero attached hydrogens (tertiary/aromatic N) is 2. The van der Waals surface area contributed by atoms with Gasteiger partial charge in [-0.1, -0.05) is 55.3 Å². The zero-order valence-electron chi connectivity index (χ0n) is 15.2. The van der Waals surface area contributed by atoms with Crippen molar-refractivity contribution in [3.8, 4) is 0 Å². The monoisotopic (exact) mass is 356 g/mol. The third-order valence-electron chi connectivity index (χ3n) is 5.39. The Kier molecular flexibility index (Phi) is 6.45. The van der Waals surface area contributed by atoms with E-state index in [1.807, 2.05) is 47.4 Å². The second-order valence-corrected chi connectivity index (χ2v) is 7.21. The van der Waals surface area contributed by atoms with Gasteiger partial charge in [0.05, 0.1) is 12.5 Å².